The molecule has 1 aliphatic carbocycles. The number of hydrogen-bond donors (Lipinski definition) is 0. The zero-order valence-electron chi connectivity index (χ0n) is 16.6. The van der Waals surface area contributed by atoms with Crippen LogP contribution in [0.5, 0.6) is 11.5 Å². The molecule has 148 valence electrons. The fraction of sp³-hybridized carbons (Fsp3) is 0.739. The van der Waals surface area contributed by atoms with Gasteiger partial charge in [-0.1, -0.05) is 19.4 Å². The van der Waals surface area contributed by atoms with Crippen molar-refractivity contribution in [1.82, 2.24) is 4.90 Å². The Kier molecular flexibility index (Phi) is 5.04. The minimum atomic E-state index is 0.383. The molecule has 3 aliphatic heterocycles. The molecule has 4 nitrogen and oxygen atoms in total. The minimum absolute atomic E-state index is 0.383. The highest BCUT2D eigenvalue weighted by Gasteiger charge is 2.35. The van der Waals surface area contributed by atoms with Gasteiger partial charge in [0.1, 0.15) is 0 Å². The maximum absolute atomic E-state index is 5.86. The Morgan fingerprint density at radius 2 is 1.96 bits per heavy atom. The third kappa shape index (κ3) is 3.47. The van der Waals surface area contributed by atoms with Crippen LogP contribution in [-0.4, -0.2) is 43.5 Å². The number of rotatable bonds is 6. The number of likely N-dealkylation sites (tertiary alicyclic amines) is 1. The second-order valence-corrected chi connectivity index (χ2v) is 8.86. The highest BCUT2D eigenvalue weighted by atomic mass is 16.7. The maximum Gasteiger partial charge on any atom is 0.231 e. The number of nitrogens with zero attached hydrogens (tertiary/aromatic N) is 1. The van der Waals surface area contributed by atoms with E-state index < -0.39 is 0 Å². The van der Waals surface area contributed by atoms with Gasteiger partial charge < -0.3 is 19.1 Å². The molecule has 0 amide bonds. The quantitative estimate of drug-likeness (QED) is 0.717. The van der Waals surface area contributed by atoms with E-state index in [-0.39, 0.29) is 0 Å². The van der Waals surface area contributed by atoms with Gasteiger partial charge in [0.25, 0.3) is 0 Å². The zero-order chi connectivity index (χ0) is 18.2. The first-order valence-corrected chi connectivity index (χ1v) is 11.1. The average Bonchev–Trinajstić information content (AvgIpc) is 3.37. The largest absolute Gasteiger partial charge is 0.454 e. The van der Waals surface area contributed by atoms with E-state index in [0.717, 1.165) is 24.7 Å². The summed E-state index contributed by atoms with van der Waals surface area (Å²) < 4.78 is 17.5. The zero-order valence-corrected chi connectivity index (χ0v) is 16.6. The molecule has 3 unspecified atom stereocenters. The monoisotopic (exact) mass is 371 g/mol. The van der Waals surface area contributed by atoms with Crippen molar-refractivity contribution in [3.05, 3.63) is 23.3 Å². The lowest BCUT2D eigenvalue weighted by Crippen LogP contribution is -2.30. The number of ether oxygens (including phenoxy) is 3. The van der Waals surface area contributed by atoms with Crippen molar-refractivity contribution in [3.8, 4) is 11.5 Å². The van der Waals surface area contributed by atoms with Crippen LogP contribution >= 0.6 is 0 Å². The Bertz CT molecular complexity index is 666. The van der Waals surface area contributed by atoms with Crippen LogP contribution in [0.1, 0.15) is 81.3 Å². The molecule has 3 atom stereocenters. The third-order valence-electron chi connectivity index (χ3n) is 7.32. The van der Waals surface area contributed by atoms with E-state index in [4.69, 9.17) is 14.2 Å². The molecule has 3 fully saturated rings. The van der Waals surface area contributed by atoms with Crippen molar-refractivity contribution in [2.45, 2.75) is 82.3 Å². The first-order chi connectivity index (χ1) is 13.3. The molecule has 4 aliphatic rings. The van der Waals surface area contributed by atoms with Gasteiger partial charge in [-0.2, -0.15) is 0 Å². The number of fused-ring (bicyclic) bond motifs is 1. The highest BCUT2D eigenvalue weighted by Crippen LogP contribution is 2.48. The molecule has 0 N–H and O–H groups in total. The molecule has 27 heavy (non-hydrogen) atoms. The lowest BCUT2D eigenvalue weighted by atomic mass is 9.78. The molecular formula is C23H33NO3. The Balaban J connectivity index is 1.32. The standard InChI is InChI=1S/C23H33NO3/c1-2-24-14-18(11-19(24)8-9-20-7-4-10-25-20)17-12-21(16-5-3-6-16)23-22(13-17)26-15-27-23/h12-13,16,18-20H,2-11,14-15H2,1H3. The first kappa shape index (κ1) is 17.8. The lowest BCUT2D eigenvalue weighted by molar-refractivity contribution is 0.0945. The molecule has 5 rings (SSSR count). The van der Waals surface area contributed by atoms with Gasteiger partial charge >= 0.3 is 0 Å². The van der Waals surface area contributed by atoms with Crippen LogP contribution in [0.25, 0.3) is 0 Å². The van der Waals surface area contributed by atoms with Gasteiger partial charge in [-0.25, -0.2) is 0 Å². The van der Waals surface area contributed by atoms with E-state index in [1.54, 1.807) is 0 Å². The van der Waals surface area contributed by atoms with Crippen LogP contribution in [0.15, 0.2) is 12.1 Å². The summed E-state index contributed by atoms with van der Waals surface area (Å²) in [7, 11) is 0. The number of likely N-dealkylation sites (N-methyl/N-ethyl adjacent to an activating group) is 1. The topological polar surface area (TPSA) is 30.9 Å². The van der Waals surface area contributed by atoms with Gasteiger partial charge in [0.2, 0.25) is 6.79 Å². The fourth-order valence-corrected chi connectivity index (χ4v) is 5.48. The predicted octanol–water partition coefficient (Wildman–Crippen LogP) is 4.82. The predicted molar refractivity (Wildman–Crippen MR) is 106 cm³/mol. The summed E-state index contributed by atoms with van der Waals surface area (Å²) in [5.74, 6) is 3.32. The van der Waals surface area contributed by atoms with Gasteiger partial charge in [-0.05, 0) is 75.0 Å². The molecule has 0 radical (unpaired) electrons. The number of benzene rings is 1. The van der Waals surface area contributed by atoms with E-state index in [1.807, 2.05) is 0 Å². The molecule has 0 spiro atoms. The molecule has 3 heterocycles. The van der Waals surface area contributed by atoms with Crippen LogP contribution in [0.4, 0.5) is 0 Å². The summed E-state index contributed by atoms with van der Waals surface area (Å²) in [6.45, 7) is 5.98. The molecule has 1 saturated carbocycles. The molecule has 0 bridgehead atoms. The summed E-state index contributed by atoms with van der Waals surface area (Å²) in [5, 5.41) is 0. The van der Waals surface area contributed by atoms with E-state index in [9.17, 15) is 0 Å². The Morgan fingerprint density at radius 3 is 2.70 bits per heavy atom. The second-order valence-electron chi connectivity index (χ2n) is 8.86. The van der Waals surface area contributed by atoms with Gasteiger partial charge in [0, 0.05) is 24.8 Å². The molecule has 0 aromatic heterocycles. The molecule has 1 aromatic rings. The van der Waals surface area contributed by atoms with Gasteiger partial charge in [0.05, 0.1) is 6.10 Å². The fourth-order valence-electron chi connectivity index (χ4n) is 5.48. The van der Waals surface area contributed by atoms with Crippen LogP contribution in [0.3, 0.4) is 0 Å². The van der Waals surface area contributed by atoms with Gasteiger partial charge in [-0.15, -0.1) is 0 Å². The Labute approximate surface area is 163 Å². The highest BCUT2D eigenvalue weighted by molar-refractivity contribution is 5.53. The summed E-state index contributed by atoms with van der Waals surface area (Å²) in [5.41, 5.74) is 2.89. The summed E-state index contributed by atoms with van der Waals surface area (Å²) in [6.07, 6.45) is 10.7. The van der Waals surface area contributed by atoms with Crippen molar-refractivity contribution < 1.29 is 14.2 Å². The normalized spacial score (nSPS) is 30.8. The molecular weight excluding hydrogens is 338 g/mol. The second kappa shape index (κ2) is 7.63. The van der Waals surface area contributed by atoms with Crippen LogP contribution in [0.2, 0.25) is 0 Å². The summed E-state index contributed by atoms with van der Waals surface area (Å²) in [4.78, 5) is 2.69. The molecule has 1 aromatic carbocycles. The first-order valence-electron chi connectivity index (χ1n) is 11.1. The summed E-state index contributed by atoms with van der Waals surface area (Å²) in [6, 6.07) is 5.42. The van der Waals surface area contributed by atoms with Crippen molar-refractivity contribution in [2.24, 2.45) is 0 Å². The van der Waals surface area contributed by atoms with Crippen LogP contribution in [0, 0.1) is 0 Å². The van der Waals surface area contributed by atoms with Crippen molar-refractivity contribution in [2.75, 3.05) is 26.5 Å². The summed E-state index contributed by atoms with van der Waals surface area (Å²) >= 11 is 0. The van der Waals surface area contributed by atoms with Gasteiger partial charge in [0.15, 0.2) is 11.5 Å². The number of hydrogen-bond acceptors (Lipinski definition) is 4. The molecule has 4 heteroatoms. The molecule has 2 saturated heterocycles. The Hall–Kier alpha value is -1.26. The average molecular weight is 372 g/mol. The van der Waals surface area contributed by atoms with Crippen molar-refractivity contribution >= 4 is 0 Å². The third-order valence-corrected chi connectivity index (χ3v) is 7.32. The van der Waals surface area contributed by atoms with Crippen LogP contribution < -0.4 is 9.47 Å². The Morgan fingerprint density at radius 1 is 1.04 bits per heavy atom. The van der Waals surface area contributed by atoms with Gasteiger partial charge in [-0.3, -0.25) is 0 Å². The maximum atomic E-state index is 5.86. The van der Waals surface area contributed by atoms with E-state index in [2.05, 4.69) is 24.0 Å². The smallest absolute Gasteiger partial charge is 0.231 e. The van der Waals surface area contributed by atoms with Crippen molar-refractivity contribution in [1.29, 1.82) is 0 Å². The van der Waals surface area contributed by atoms with Crippen LogP contribution in [-0.2, 0) is 4.74 Å². The lowest BCUT2D eigenvalue weighted by Gasteiger charge is -2.27. The SMILES string of the molecule is CCN1CC(c2cc3c(c(C4CCC4)c2)OCO3)CC1CCC1CCCO1. The minimum Gasteiger partial charge on any atom is -0.454 e. The van der Waals surface area contributed by atoms with E-state index in [0.29, 0.717) is 30.8 Å². The van der Waals surface area contributed by atoms with E-state index >= 15 is 0 Å². The van der Waals surface area contributed by atoms with E-state index in [1.165, 1.54) is 69.0 Å². The van der Waals surface area contributed by atoms with Crippen molar-refractivity contribution in [3.63, 3.8) is 0 Å².